The van der Waals surface area contributed by atoms with Crippen LogP contribution in [0, 0.1) is 5.92 Å². The van der Waals surface area contributed by atoms with E-state index in [1.54, 1.807) is 0 Å². The zero-order chi connectivity index (χ0) is 8.48. The second-order valence-electron chi connectivity index (χ2n) is 2.90. The van der Waals surface area contributed by atoms with Crippen molar-refractivity contribution in [3.63, 3.8) is 0 Å². The first kappa shape index (κ1) is 8.46. The maximum absolute atomic E-state index is 12.9. The molecule has 11 heavy (non-hydrogen) atoms. The van der Waals surface area contributed by atoms with Crippen LogP contribution in [0.2, 0.25) is 0 Å². The van der Waals surface area contributed by atoms with E-state index in [9.17, 15) is 9.18 Å². The topological polar surface area (TPSA) is 46.5 Å². The van der Waals surface area contributed by atoms with Crippen LogP contribution in [0.1, 0.15) is 13.3 Å². The summed E-state index contributed by atoms with van der Waals surface area (Å²) in [6.07, 6.45) is 0.302. The normalized spacial score (nSPS) is 35.0. The maximum Gasteiger partial charge on any atom is 0.302 e. The zero-order valence-corrected chi connectivity index (χ0v) is 6.34. The molecule has 2 atom stereocenters. The van der Waals surface area contributed by atoms with E-state index in [1.807, 2.05) is 0 Å². The minimum atomic E-state index is -1.48. The van der Waals surface area contributed by atoms with Gasteiger partial charge in [0, 0.05) is 12.8 Å². The Morgan fingerprint density at radius 1 is 1.91 bits per heavy atom. The number of rotatable bonds is 3. The summed E-state index contributed by atoms with van der Waals surface area (Å²) >= 11 is 0. The molecule has 0 aromatic carbocycles. The summed E-state index contributed by atoms with van der Waals surface area (Å²) in [5, 5.41) is 8.49. The largest absolute Gasteiger partial charge is 0.465 e. The molecule has 4 heteroatoms. The van der Waals surface area contributed by atoms with Gasteiger partial charge in [0.15, 0.2) is 0 Å². The average Bonchev–Trinajstić information content (AvgIpc) is 2.59. The fourth-order valence-electron chi connectivity index (χ4n) is 0.971. The Balaban J connectivity index is 2.18. The summed E-state index contributed by atoms with van der Waals surface area (Å²) in [6.45, 7) is 0.895. The van der Waals surface area contributed by atoms with Gasteiger partial charge in [-0.05, 0) is 6.42 Å². The highest BCUT2D eigenvalue weighted by Gasteiger charge is 2.55. The number of carbonyl (C=O) groups is 1. The molecule has 0 spiro atoms. The first-order valence-electron chi connectivity index (χ1n) is 3.51. The first-order chi connectivity index (χ1) is 5.08. The van der Waals surface area contributed by atoms with Crippen molar-refractivity contribution < 1.29 is 19.0 Å². The Morgan fingerprint density at radius 2 is 2.55 bits per heavy atom. The Hall–Kier alpha value is -0.640. The van der Waals surface area contributed by atoms with Gasteiger partial charge in [0.1, 0.15) is 5.67 Å². The molecule has 1 N–H and O–H groups in total. The summed E-state index contributed by atoms with van der Waals surface area (Å²) in [5.74, 6) is -0.700. The Kier molecular flexibility index (Phi) is 2.13. The highest BCUT2D eigenvalue weighted by Crippen LogP contribution is 2.46. The van der Waals surface area contributed by atoms with Crippen molar-refractivity contribution in [3.8, 4) is 0 Å². The molecular formula is C7H11FO3. The highest BCUT2D eigenvalue weighted by molar-refractivity contribution is 5.65. The second kappa shape index (κ2) is 2.77. The standard InChI is InChI=1S/C7H11FO3/c1-5(10)11-3-6-2-7(6,8)4-9/h6,9H,2-4H2,1H3/t6-,7-/m1/s1. The molecule has 0 aliphatic heterocycles. The molecule has 0 aromatic rings. The molecule has 0 amide bonds. The van der Waals surface area contributed by atoms with Crippen LogP contribution in [-0.4, -0.2) is 30.0 Å². The van der Waals surface area contributed by atoms with Crippen molar-refractivity contribution >= 4 is 5.97 Å². The molecule has 1 saturated carbocycles. The molecule has 0 saturated heterocycles. The van der Waals surface area contributed by atoms with E-state index in [4.69, 9.17) is 5.11 Å². The molecular weight excluding hydrogens is 151 g/mol. The summed E-state index contributed by atoms with van der Waals surface area (Å²) in [6, 6.07) is 0. The van der Waals surface area contributed by atoms with Gasteiger partial charge < -0.3 is 9.84 Å². The zero-order valence-electron chi connectivity index (χ0n) is 6.34. The number of ether oxygens (including phenoxy) is 1. The maximum atomic E-state index is 12.9. The lowest BCUT2D eigenvalue weighted by Gasteiger charge is -2.02. The van der Waals surface area contributed by atoms with Crippen LogP contribution in [0.25, 0.3) is 0 Å². The average molecular weight is 162 g/mol. The van der Waals surface area contributed by atoms with Crippen LogP contribution in [0.3, 0.4) is 0 Å². The van der Waals surface area contributed by atoms with E-state index >= 15 is 0 Å². The number of aliphatic hydroxyl groups is 1. The lowest BCUT2D eigenvalue weighted by Crippen LogP contribution is -2.14. The van der Waals surface area contributed by atoms with Crippen molar-refractivity contribution in [1.29, 1.82) is 0 Å². The quantitative estimate of drug-likeness (QED) is 0.606. The van der Waals surface area contributed by atoms with Gasteiger partial charge in [-0.25, -0.2) is 4.39 Å². The molecule has 1 rings (SSSR count). The third-order valence-electron chi connectivity index (χ3n) is 1.91. The van der Waals surface area contributed by atoms with Gasteiger partial charge in [-0.15, -0.1) is 0 Å². The number of carbonyl (C=O) groups excluding carboxylic acids is 1. The Morgan fingerprint density at radius 3 is 2.91 bits per heavy atom. The molecule has 1 aliphatic carbocycles. The van der Waals surface area contributed by atoms with Gasteiger partial charge in [0.25, 0.3) is 0 Å². The number of hydrogen-bond donors (Lipinski definition) is 1. The van der Waals surface area contributed by atoms with Crippen LogP contribution < -0.4 is 0 Å². The van der Waals surface area contributed by atoms with Crippen molar-refractivity contribution in [3.05, 3.63) is 0 Å². The van der Waals surface area contributed by atoms with Gasteiger partial charge >= 0.3 is 5.97 Å². The van der Waals surface area contributed by atoms with E-state index in [0.29, 0.717) is 6.42 Å². The monoisotopic (exact) mass is 162 g/mol. The number of aliphatic hydroxyl groups excluding tert-OH is 1. The second-order valence-corrected chi connectivity index (χ2v) is 2.90. The van der Waals surface area contributed by atoms with Gasteiger partial charge in [0.05, 0.1) is 13.2 Å². The third kappa shape index (κ3) is 1.89. The number of alkyl halides is 1. The van der Waals surface area contributed by atoms with Crippen LogP contribution >= 0.6 is 0 Å². The van der Waals surface area contributed by atoms with Gasteiger partial charge in [-0.2, -0.15) is 0 Å². The minimum Gasteiger partial charge on any atom is -0.465 e. The van der Waals surface area contributed by atoms with E-state index in [0.717, 1.165) is 0 Å². The third-order valence-corrected chi connectivity index (χ3v) is 1.91. The summed E-state index contributed by atoms with van der Waals surface area (Å²) in [5.41, 5.74) is -1.48. The van der Waals surface area contributed by atoms with Crippen molar-refractivity contribution in [1.82, 2.24) is 0 Å². The predicted octanol–water partition coefficient (Wildman–Crippen LogP) is 0.270. The van der Waals surface area contributed by atoms with E-state index in [-0.39, 0.29) is 12.5 Å². The van der Waals surface area contributed by atoms with Crippen molar-refractivity contribution in [2.24, 2.45) is 5.92 Å². The molecule has 0 unspecified atom stereocenters. The lowest BCUT2D eigenvalue weighted by atomic mass is 10.3. The number of halogens is 1. The Labute approximate surface area is 64.2 Å². The number of esters is 1. The predicted molar refractivity (Wildman–Crippen MR) is 35.7 cm³/mol. The van der Waals surface area contributed by atoms with Gasteiger partial charge in [0.2, 0.25) is 0 Å². The van der Waals surface area contributed by atoms with Crippen molar-refractivity contribution in [2.45, 2.75) is 19.0 Å². The molecule has 1 aliphatic rings. The smallest absolute Gasteiger partial charge is 0.302 e. The first-order valence-corrected chi connectivity index (χ1v) is 3.51. The molecule has 0 heterocycles. The lowest BCUT2D eigenvalue weighted by molar-refractivity contribution is -0.141. The molecule has 0 bridgehead atoms. The van der Waals surface area contributed by atoms with E-state index in [1.165, 1.54) is 6.92 Å². The summed E-state index contributed by atoms with van der Waals surface area (Å²) < 4.78 is 17.5. The fraction of sp³-hybridized carbons (Fsp3) is 0.857. The molecule has 3 nitrogen and oxygen atoms in total. The van der Waals surface area contributed by atoms with Gasteiger partial charge in [-0.1, -0.05) is 0 Å². The van der Waals surface area contributed by atoms with Crippen LogP contribution in [0.5, 0.6) is 0 Å². The summed E-state index contributed by atoms with van der Waals surface area (Å²) in [4.78, 5) is 10.3. The highest BCUT2D eigenvalue weighted by atomic mass is 19.1. The van der Waals surface area contributed by atoms with E-state index in [2.05, 4.69) is 4.74 Å². The van der Waals surface area contributed by atoms with Crippen molar-refractivity contribution in [2.75, 3.05) is 13.2 Å². The molecule has 0 aromatic heterocycles. The molecule has 1 fully saturated rings. The number of hydrogen-bond acceptors (Lipinski definition) is 3. The van der Waals surface area contributed by atoms with Crippen LogP contribution in [-0.2, 0) is 9.53 Å². The fourth-order valence-corrected chi connectivity index (χ4v) is 0.971. The SMILES string of the molecule is CC(=O)OC[C@H]1C[C@@]1(F)CO. The molecule has 0 radical (unpaired) electrons. The minimum absolute atomic E-state index is 0.0897. The molecule has 64 valence electrons. The van der Waals surface area contributed by atoms with E-state index < -0.39 is 18.2 Å². The van der Waals surface area contributed by atoms with Crippen LogP contribution in [0.4, 0.5) is 4.39 Å². The Bertz CT molecular complexity index is 171. The van der Waals surface area contributed by atoms with Gasteiger partial charge in [-0.3, -0.25) is 4.79 Å². The van der Waals surface area contributed by atoms with Crippen LogP contribution in [0.15, 0.2) is 0 Å². The summed E-state index contributed by atoms with van der Waals surface area (Å²) in [7, 11) is 0.